The first kappa shape index (κ1) is 14.0. The van der Waals surface area contributed by atoms with Crippen LogP contribution in [0.2, 0.25) is 0 Å². The molecule has 1 amide bonds. The molecule has 2 N–H and O–H groups in total. The molecule has 98 valence electrons. The predicted molar refractivity (Wildman–Crippen MR) is 67.2 cm³/mol. The first-order chi connectivity index (χ1) is 8.63. The fourth-order valence-corrected chi connectivity index (χ4v) is 1.45. The largest absolute Gasteiger partial charge is 0.506 e. The quantitative estimate of drug-likeness (QED) is 0.461. The number of phenols is 1. The van der Waals surface area contributed by atoms with Gasteiger partial charge in [-0.05, 0) is 25.0 Å². The zero-order valence-electron chi connectivity index (χ0n) is 10.3. The summed E-state index contributed by atoms with van der Waals surface area (Å²) in [5, 5.41) is 12.1. The molecule has 0 aliphatic rings. The molecule has 0 heterocycles. The van der Waals surface area contributed by atoms with Gasteiger partial charge in [-0.1, -0.05) is 12.1 Å². The lowest BCUT2D eigenvalue weighted by Gasteiger charge is -2.06. The Balaban J connectivity index is 2.26. The van der Waals surface area contributed by atoms with Gasteiger partial charge in [-0.3, -0.25) is 9.59 Å². The van der Waals surface area contributed by atoms with Gasteiger partial charge in [0.2, 0.25) is 5.91 Å². The number of unbranched alkanes of at least 4 members (excludes halogenated alkanes) is 1. The molecule has 1 aromatic carbocycles. The number of hydrogen-bond donors (Lipinski definition) is 2. The second-order valence-corrected chi connectivity index (χ2v) is 3.85. The number of anilines is 1. The van der Waals surface area contributed by atoms with E-state index in [0.29, 0.717) is 31.4 Å². The van der Waals surface area contributed by atoms with Crippen molar-refractivity contribution in [3.8, 4) is 5.75 Å². The smallest absolute Gasteiger partial charge is 0.305 e. The standard InChI is InChI=1S/C13H17NO4/c1-18-13(17)9-5-4-8-12(16)14-10-6-2-3-7-11(10)15/h2-3,6-7,15H,4-5,8-9H2,1H3,(H,14,16). The lowest BCUT2D eigenvalue weighted by atomic mass is 10.2. The number of methoxy groups -OCH3 is 1. The monoisotopic (exact) mass is 251 g/mol. The van der Waals surface area contributed by atoms with E-state index in [2.05, 4.69) is 10.1 Å². The van der Waals surface area contributed by atoms with Crippen LogP contribution in [0.5, 0.6) is 5.75 Å². The van der Waals surface area contributed by atoms with Gasteiger partial charge in [0.05, 0.1) is 12.8 Å². The summed E-state index contributed by atoms with van der Waals surface area (Å²) in [6, 6.07) is 6.54. The number of benzene rings is 1. The molecule has 5 heteroatoms. The van der Waals surface area contributed by atoms with Crippen molar-refractivity contribution in [3.63, 3.8) is 0 Å². The molecule has 0 saturated carbocycles. The van der Waals surface area contributed by atoms with Crippen LogP contribution in [0.1, 0.15) is 25.7 Å². The summed E-state index contributed by atoms with van der Waals surface area (Å²) in [5.41, 5.74) is 0.399. The minimum absolute atomic E-state index is 0.0420. The minimum Gasteiger partial charge on any atom is -0.506 e. The van der Waals surface area contributed by atoms with E-state index < -0.39 is 0 Å². The molecule has 0 aliphatic heterocycles. The number of rotatable bonds is 6. The highest BCUT2D eigenvalue weighted by atomic mass is 16.5. The number of ether oxygens (including phenoxy) is 1. The molecular weight excluding hydrogens is 234 g/mol. The lowest BCUT2D eigenvalue weighted by molar-refractivity contribution is -0.140. The number of nitrogens with one attached hydrogen (secondary N) is 1. The van der Waals surface area contributed by atoms with Crippen LogP contribution in [0.3, 0.4) is 0 Å². The highest BCUT2D eigenvalue weighted by Gasteiger charge is 2.06. The molecule has 0 aliphatic carbocycles. The summed E-state index contributed by atoms with van der Waals surface area (Å²) in [6.07, 6.45) is 1.85. The summed E-state index contributed by atoms with van der Waals surface area (Å²) in [4.78, 5) is 22.4. The molecule has 0 bridgehead atoms. The van der Waals surface area contributed by atoms with E-state index in [9.17, 15) is 14.7 Å². The van der Waals surface area contributed by atoms with Crippen LogP contribution in [-0.2, 0) is 14.3 Å². The number of para-hydroxylation sites is 2. The third-order valence-corrected chi connectivity index (χ3v) is 2.44. The Kier molecular flexibility index (Phi) is 5.70. The maximum absolute atomic E-state index is 11.5. The summed E-state index contributed by atoms with van der Waals surface area (Å²) < 4.78 is 4.50. The molecule has 0 fully saturated rings. The van der Waals surface area contributed by atoms with Gasteiger partial charge < -0.3 is 15.2 Å². The Labute approximate surface area is 106 Å². The van der Waals surface area contributed by atoms with Crippen molar-refractivity contribution in [2.24, 2.45) is 0 Å². The number of aromatic hydroxyl groups is 1. The summed E-state index contributed by atoms with van der Waals surface area (Å²) in [7, 11) is 1.34. The van der Waals surface area contributed by atoms with E-state index in [0.717, 1.165) is 0 Å². The Morgan fingerprint density at radius 1 is 1.22 bits per heavy atom. The number of hydrogen-bond acceptors (Lipinski definition) is 4. The van der Waals surface area contributed by atoms with Crippen LogP contribution in [0.25, 0.3) is 0 Å². The van der Waals surface area contributed by atoms with E-state index >= 15 is 0 Å². The number of esters is 1. The molecule has 0 spiro atoms. The van der Waals surface area contributed by atoms with Gasteiger partial charge in [0.25, 0.3) is 0 Å². The van der Waals surface area contributed by atoms with E-state index in [1.807, 2.05) is 0 Å². The van der Waals surface area contributed by atoms with Crippen molar-refractivity contribution in [1.82, 2.24) is 0 Å². The third-order valence-electron chi connectivity index (χ3n) is 2.44. The van der Waals surface area contributed by atoms with Crippen molar-refractivity contribution in [1.29, 1.82) is 0 Å². The Morgan fingerprint density at radius 2 is 1.89 bits per heavy atom. The molecule has 1 rings (SSSR count). The topological polar surface area (TPSA) is 75.6 Å². The van der Waals surface area contributed by atoms with Gasteiger partial charge in [-0.15, -0.1) is 0 Å². The number of carbonyl (C=O) groups is 2. The van der Waals surface area contributed by atoms with Crippen LogP contribution in [0, 0.1) is 0 Å². The average Bonchev–Trinajstić information content (AvgIpc) is 2.37. The van der Waals surface area contributed by atoms with Gasteiger partial charge >= 0.3 is 5.97 Å². The second-order valence-electron chi connectivity index (χ2n) is 3.85. The van der Waals surface area contributed by atoms with Gasteiger partial charge in [0, 0.05) is 12.8 Å². The van der Waals surface area contributed by atoms with Gasteiger partial charge in [0.1, 0.15) is 5.75 Å². The van der Waals surface area contributed by atoms with Crippen LogP contribution < -0.4 is 5.32 Å². The molecule has 0 aromatic heterocycles. The molecular formula is C13H17NO4. The van der Waals surface area contributed by atoms with Gasteiger partial charge in [0.15, 0.2) is 0 Å². The fraction of sp³-hybridized carbons (Fsp3) is 0.385. The molecule has 0 radical (unpaired) electrons. The molecule has 5 nitrogen and oxygen atoms in total. The normalized spacial score (nSPS) is 9.83. The van der Waals surface area contributed by atoms with Crippen LogP contribution >= 0.6 is 0 Å². The summed E-state index contributed by atoms with van der Waals surface area (Å²) in [6.45, 7) is 0. The van der Waals surface area contributed by atoms with E-state index in [-0.39, 0.29) is 17.6 Å². The van der Waals surface area contributed by atoms with Crippen molar-refractivity contribution in [2.75, 3.05) is 12.4 Å². The first-order valence-electron chi connectivity index (χ1n) is 5.78. The highest BCUT2D eigenvalue weighted by molar-refractivity contribution is 5.92. The zero-order chi connectivity index (χ0) is 13.4. The molecule has 0 atom stereocenters. The third kappa shape index (κ3) is 4.86. The van der Waals surface area contributed by atoms with Crippen molar-refractivity contribution >= 4 is 17.6 Å². The maximum Gasteiger partial charge on any atom is 0.305 e. The van der Waals surface area contributed by atoms with Crippen molar-refractivity contribution < 1.29 is 19.4 Å². The van der Waals surface area contributed by atoms with Crippen LogP contribution in [0.4, 0.5) is 5.69 Å². The number of carbonyl (C=O) groups excluding carboxylic acids is 2. The Hall–Kier alpha value is -2.04. The van der Waals surface area contributed by atoms with E-state index in [1.165, 1.54) is 13.2 Å². The van der Waals surface area contributed by atoms with Gasteiger partial charge in [-0.2, -0.15) is 0 Å². The Morgan fingerprint density at radius 3 is 2.56 bits per heavy atom. The fourth-order valence-electron chi connectivity index (χ4n) is 1.45. The van der Waals surface area contributed by atoms with Crippen molar-refractivity contribution in [2.45, 2.75) is 25.7 Å². The van der Waals surface area contributed by atoms with Crippen molar-refractivity contribution in [3.05, 3.63) is 24.3 Å². The van der Waals surface area contributed by atoms with E-state index in [1.54, 1.807) is 18.2 Å². The Bertz CT molecular complexity index is 417. The molecule has 18 heavy (non-hydrogen) atoms. The molecule has 1 aromatic rings. The average molecular weight is 251 g/mol. The second kappa shape index (κ2) is 7.32. The summed E-state index contributed by atoms with van der Waals surface area (Å²) >= 11 is 0. The van der Waals surface area contributed by atoms with Gasteiger partial charge in [-0.25, -0.2) is 0 Å². The molecule has 0 saturated heterocycles. The first-order valence-corrected chi connectivity index (χ1v) is 5.78. The predicted octanol–water partition coefficient (Wildman–Crippen LogP) is 2.06. The summed E-state index contributed by atoms with van der Waals surface area (Å²) in [5.74, 6) is -0.405. The maximum atomic E-state index is 11.5. The van der Waals surface area contributed by atoms with Crippen LogP contribution in [-0.4, -0.2) is 24.1 Å². The zero-order valence-corrected chi connectivity index (χ0v) is 10.3. The molecule has 0 unspecified atom stereocenters. The SMILES string of the molecule is COC(=O)CCCCC(=O)Nc1ccccc1O. The lowest BCUT2D eigenvalue weighted by Crippen LogP contribution is -2.11. The number of amides is 1. The van der Waals surface area contributed by atoms with E-state index in [4.69, 9.17) is 0 Å². The minimum atomic E-state index is -0.267. The highest BCUT2D eigenvalue weighted by Crippen LogP contribution is 2.21. The van der Waals surface area contributed by atoms with Crippen LogP contribution in [0.15, 0.2) is 24.3 Å². The number of phenolic OH excluding ortho intramolecular Hbond substituents is 1.